The van der Waals surface area contributed by atoms with E-state index < -0.39 is 0 Å². The molecule has 1 aliphatic heterocycles. The Balaban J connectivity index is 1.45. The van der Waals surface area contributed by atoms with Crippen molar-refractivity contribution in [1.82, 2.24) is 25.0 Å². The van der Waals surface area contributed by atoms with Crippen molar-refractivity contribution in [3.8, 4) is 0 Å². The summed E-state index contributed by atoms with van der Waals surface area (Å²) in [4.78, 5) is 19.2. The molecule has 8 heteroatoms. The van der Waals surface area contributed by atoms with Crippen LogP contribution in [0.4, 0.5) is 0 Å². The van der Waals surface area contributed by atoms with Gasteiger partial charge in [0, 0.05) is 32.3 Å². The first-order valence-electron chi connectivity index (χ1n) is 9.10. The fourth-order valence-corrected chi connectivity index (χ4v) is 3.53. The van der Waals surface area contributed by atoms with Crippen molar-refractivity contribution in [1.29, 1.82) is 0 Å². The number of likely N-dealkylation sites (N-methyl/N-ethyl adjacent to an activating group) is 1. The Morgan fingerprint density at radius 2 is 2.19 bits per heavy atom. The van der Waals surface area contributed by atoms with Crippen LogP contribution in [0.5, 0.6) is 0 Å². The van der Waals surface area contributed by atoms with Gasteiger partial charge in [-0.25, -0.2) is 4.98 Å². The predicted octanol–water partition coefficient (Wildman–Crippen LogP) is 1.40. The first kappa shape index (κ1) is 17.2. The van der Waals surface area contributed by atoms with Gasteiger partial charge in [-0.05, 0) is 32.9 Å². The van der Waals surface area contributed by atoms with Gasteiger partial charge >= 0.3 is 0 Å². The maximum atomic E-state index is 12.6. The molecule has 1 N–H and O–H groups in total. The molecule has 0 unspecified atom stereocenters. The Morgan fingerprint density at radius 3 is 2.88 bits per heavy atom. The summed E-state index contributed by atoms with van der Waals surface area (Å²) in [5.74, 6) is 1.16. The number of aryl methyl sites for hydroxylation is 2. The van der Waals surface area contributed by atoms with Gasteiger partial charge < -0.3 is 14.5 Å². The molecule has 1 aliphatic carbocycles. The highest BCUT2D eigenvalue weighted by molar-refractivity contribution is 5.92. The zero-order valence-electron chi connectivity index (χ0n) is 15.4. The van der Waals surface area contributed by atoms with Crippen LogP contribution < -0.4 is 5.32 Å². The summed E-state index contributed by atoms with van der Waals surface area (Å²) in [6, 6.07) is 2.03. The molecule has 0 aromatic carbocycles. The SMILES string of the molecule is Cc1nc(C2CC2)oc1C(=O)NC[C@@H]1OCCN(C)[C@H]1c1ccnn1C. The zero-order chi connectivity index (χ0) is 18.3. The Bertz CT molecular complexity index is 795. The van der Waals surface area contributed by atoms with Crippen molar-refractivity contribution in [3.05, 3.63) is 35.3 Å². The first-order valence-corrected chi connectivity index (χ1v) is 9.10. The van der Waals surface area contributed by atoms with Gasteiger partial charge in [-0.15, -0.1) is 0 Å². The van der Waals surface area contributed by atoms with E-state index in [1.54, 1.807) is 6.20 Å². The van der Waals surface area contributed by atoms with Crippen molar-refractivity contribution < 1.29 is 13.9 Å². The fourth-order valence-electron chi connectivity index (χ4n) is 3.53. The number of nitrogens with one attached hydrogen (secondary N) is 1. The van der Waals surface area contributed by atoms with Crippen molar-refractivity contribution in [2.75, 3.05) is 26.7 Å². The quantitative estimate of drug-likeness (QED) is 0.868. The van der Waals surface area contributed by atoms with Gasteiger partial charge in [-0.1, -0.05) is 0 Å². The molecule has 1 saturated heterocycles. The molecule has 26 heavy (non-hydrogen) atoms. The number of carbonyl (C=O) groups is 1. The Morgan fingerprint density at radius 1 is 1.38 bits per heavy atom. The minimum absolute atomic E-state index is 0.0365. The first-order chi connectivity index (χ1) is 12.5. The van der Waals surface area contributed by atoms with E-state index >= 15 is 0 Å². The molecule has 0 bridgehead atoms. The van der Waals surface area contributed by atoms with E-state index in [4.69, 9.17) is 9.15 Å². The van der Waals surface area contributed by atoms with Gasteiger partial charge in [0.2, 0.25) is 5.76 Å². The zero-order valence-corrected chi connectivity index (χ0v) is 15.4. The summed E-state index contributed by atoms with van der Waals surface area (Å²) in [5, 5.41) is 7.22. The van der Waals surface area contributed by atoms with Crippen molar-refractivity contribution in [2.45, 2.75) is 37.8 Å². The summed E-state index contributed by atoms with van der Waals surface area (Å²) in [6.45, 7) is 3.69. The van der Waals surface area contributed by atoms with E-state index in [0.717, 1.165) is 25.1 Å². The van der Waals surface area contributed by atoms with Crippen LogP contribution in [0.2, 0.25) is 0 Å². The predicted molar refractivity (Wildman–Crippen MR) is 93.9 cm³/mol. The Hall–Kier alpha value is -2.19. The molecule has 4 rings (SSSR count). The lowest BCUT2D eigenvalue weighted by atomic mass is 10.0. The van der Waals surface area contributed by atoms with E-state index in [2.05, 4.69) is 27.3 Å². The number of rotatable bonds is 5. The molecule has 140 valence electrons. The van der Waals surface area contributed by atoms with E-state index in [0.29, 0.717) is 36.4 Å². The molecular formula is C18H25N5O3. The maximum Gasteiger partial charge on any atom is 0.289 e. The van der Waals surface area contributed by atoms with Crippen molar-refractivity contribution >= 4 is 5.91 Å². The molecule has 2 atom stereocenters. The minimum Gasteiger partial charge on any atom is -0.435 e. The highest BCUT2D eigenvalue weighted by Crippen LogP contribution is 2.40. The number of nitrogens with zero attached hydrogens (tertiary/aromatic N) is 4. The van der Waals surface area contributed by atoms with Crippen molar-refractivity contribution in [2.24, 2.45) is 7.05 Å². The average Bonchev–Trinajstić information content (AvgIpc) is 3.27. The lowest BCUT2D eigenvalue weighted by Crippen LogP contribution is -2.48. The van der Waals surface area contributed by atoms with Gasteiger partial charge in [0.1, 0.15) is 0 Å². The number of hydrogen-bond donors (Lipinski definition) is 1. The van der Waals surface area contributed by atoms with Gasteiger partial charge in [0.05, 0.1) is 30.1 Å². The highest BCUT2D eigenvalue weighted by Gasteiger charge is 2.34. The third-order valence-corrected chi connectivity index (χ3v) is 5.17. The molecule has 2 aromatic rings. The number of amides is 1. The lowest BCUT2D eigenvalue weighted by Gasteiger charge is -2.39. The summed E-state index contributed by atoms with van der Waals surface area (Å²) >= 11 is 0. The molecule has 2 aromatic heterocycles. The molecule has 0 radical (unpaired) electrons. The van der Waals surface area contributed by atoms with Crippen LogP contribution in [0.25, 0.3) is 0 Å². The average molecular weight is 359 g/mol. The van der Waals surface area contributed by atoms with E-state index in [1.165, 1.54) is 0 Å². The van der Waals surface area contributed by atoms with Gasteiger partial charge in [-0.2, -0.15) is 5.10 Å². The van der Waals surface area contributed by atoms with Gasteiger partial charge in [0.15, 0.2) is 5.89 Å². The number of aromatic nitrogens is 3. The molecular weight excluding hydrogens is 334 g/mol. The monoisotopic (exact) mass is 359 g/mol. The molecule has 1 saturated carbocycles. The molecule has 2 fully saturated rings. The summed E-state index contributed by atoms with van der Waals surface area (Å²) in [6.07, 6.45) is 3.81. The summed E-state index contributed by atoms with van der Waals surface area (Å²) in [5.41, 5.74) is 1.72. The van der Waals surface area contributed by atoms with Crippen LogP contribution in [0.1, 0.15) is 52.6 Å². The topological polar surface area (TPSA) is 85.4 Å². The third kappa shape index (κ3) is 3.26. The van der Waals surface area contributed by atoms with Crippen LogP contribution in [0.3, 0.4) is 0 Å². The largest absolute Gasteiger partial charge is 0.435 e. The third-order valence-electron chi connectivity index (χ3n) is 5.17. The molecule has 0 spiro atoms. The second kappa shape index (κ2) is 6.85. The second-order valence-corrected chi connectivity index (χ2v) is 7.17. The van der Waals surface area contributed by atoms with Gasteiger partial charge in [0.25, 0.3) is 5.91 Å². The van der Waals surface area contributed by atoms with E-state index in [9.17, 15) is 4.79 Å². The number of carbonyl (C=O) groups excluding carboxylic acids is 1. The van der Waals surface area contributed by atoms with Gasteiger partial charge in [-0.3, -0.25) is 14.4 Å². The van der Waals surface area contributed by atoms with Crippen LogP contribution >= 0.6 is 0 Å². The molecule has 8 nitrogen and oxygen atoms in total. The standard InChI is InChI=1S/C18H25N5O3/c1-11-16(26-18(21-11)12-4-5-12)17(24)19-10-14-15(22(2)8-9-25-14)13-6-7-20-23(13)3/h6-7,12,14-15H,4-5,8-10H2,1-3H3,(H,19,24)/t14-,15-/m0/s1. The Kier molecular flexibility index (Phi) is 4.54. The molecule has 2 aliphatic rings. The maximum absolute atomic E-state index is 12.6. The van der Waals surface area contributed by atoms with Crippen molar-refractivity contribution in [3.63, 3.8) is 0 Å². The number of morpholine rings is 1. The van der Waals surface area contributed by atoms with E-state index in [1.807, 2.05) is 24.7 Å². The summed E-state index contributed by atoms with van der Waals surface area (Å²) in [7, 11) is 3.99. The lowest BCUT2D eigenvalue weighted by molar-refractivity contribution is -0.0629. The number of oxazole rings is 1. The number of ether oxygens (including phenoxy) is 1. The summed E-state index contributed by atoms with van der Waals surface area (Å²) < 4.78 is 13.5. The smallest absolute Gasteiger partial charge is 0.289 e. The van der Waals surface area contributed by atoms with Crippen LogP contribution in [0.15, 0.2) is 16.7 Å². The van der Waals surface area contributed by atoms with E-state index in [-0.39, 0.29) is 18.1 Å². The Labute approximate surface area is 152 Å². The van der Waals surface area contributed by atoms with Crippen LogP contribution in [-0.4, -0.2) is 58.4 Å². The van der Waals surface area contributed by atoms with Crippen LogP contribution in [-0.2, 0) is 11.8 Å². The van der Waals surface area contributed by atoms with Crippen LogP contribution in [0, 0.1) is 6.92 Å². The molecule has 3 heterocycles. The highest BCUT2D eigenvalue weighted by atomic mass is 16.5. The minimum atomic E-state index is -0.234. The second-order valence-electron chi connectivity index (χ2n) is 7.17. The number of hydrogen-bond acceptors (Lipinski definition) is 6. The molecule has 1 amide bonds. The normalized spacial score (nSPS) is 24.0. The fraction of sp³-hybridized carbons (Fsp3) is 0.611.